The van der Waals surface area contributed by atoms with Gasteiger partial charge < -0.3 is 5.32 Å². The zero-order valence-electron chi connectivity index (χ0n) is 13.0. The molecule has 2 atom stereocenters. The smallest absolute Gasteiger partial charge is 0.0120 e. The fourth-order valence-corrected chi connectivity index (χ4v) is 3.09. The van der Waals surface area contributed by atoms with Gasteiger partial charge in [-0.2, -0.15) is 0 Å². The second-order valence-corrected chi connectivity index (χ2v) is 7.11. The molecule has 1 fully saturated rings. The van der Waals surface area contributed by atoms with Crippen LogP contribution in [0.2, 0.25) is 0 Å². The van der Waals surface area contributed by atoms with Gasteiger partial charge in [0, 0.05) is 6.42 Å². The molecule has 0 aliphatic heterocycles. The Hall–Kier alpha value is -0.480. The van der Waals surface area contributed by atoms with Gasteiger partial charge in [0.05, 0.1) is 0 Å². The fourth-order valence-electron chi connectivity index (χ4n) is 3.09. The van der Waals surface area contributed by atoms with Crippen LogP contribution < -0.4 is 5.32 Å². The van der Waals surface area contributed by atoms with Gasteiger partial charge in [-0.25, -0.2) is 0 Å². The highest BCUT2D eigenvalue weighted by Crippen LogP contribution is 2.42. The van der Waals surface area contributed by atoms with Gasteiger partial charge in [0.1, 0.15) is 0 Å². The summed E-state index contributed by atoms with van der Waals surface area (Å²) in [6.45, 7) is 13.7. The molecule has 0 aromatic rings. The summed E-state index contributed by atoms with van der Waals surface area (Å²) in [6, 6.07) is 0. The Morgan fingerprint density at radius 3 is 2.61 bits per heavy atom. The lowest BCUT2D eigenvalue weighted by atomic mass is 9.66. The molecule has 1 heteroatoms. The highest BCUT2D eigenvalue weighted by Gasteiger charge is 2.33. The number of hydrogen-bond acceptors (Lipinski definition) is 1. The van der Waals surface area contributed by atoms with Crippen LogP contribution in [0.15, 0.2) is 0 Å². The minimum Gasteiger partial charge on any atom is -0.316 e. The molecule has 0 aromatic heterocycles. The van der Waals surface area contributed by atoms with E-state index in [9.17, 15) is 0 Å². The normalized spacial score (nSPS) is 26.8. The summed E-state index contributed by atoms with van der Waals surface area (Å²) in [5.74, 6) is 8.75. The summed E-state index contributed by atoms with van der Waals surface area (Å²) in [5.41, 5.74) is 0.522. The van der Waals surface area contributed by atoms with Crippen molar-refractivity contribution in [3.63, 3.8) is 0 Å². The summed E-state index contributed by atoms with van der Waals surface area (Å²) < 4.78 is 0. The van der Waals surface area contributed by atoms with E-state index in [4.69, 9.17) is 0 Å². The molecular weight excluding hydrogens is 218 g/mol. The molecule has 0 bridgehead atoms. The first kappa shape index (κ1) is 15.6. The van der Waals surface area contributed by atoms with Crippen molar-refractivity contribution in [2.75, 3.05) is 13.1 Å². The maximum absolute atomic E-state index is 3.64. The summed E-state index contributed by atoms with van der Waals surface area (Å²) in [5, 5.41) is 3.64. The van der Waals surface area contributed by atoms with E-state index in [0.29, 0.717) is 5.41 Å². The highest BCUT2D eigenvalue weighted by atomic mass is 14.9. The van der Waals surface area contributed by atoms with Crippen LogP contribution in [0.25, 0.3) is 0 Å². The van der Waals surface area contributed by atoms with Crippen LogP contribution in [0.3, 0.4) is 0 Å². The molecule has 0 saturated heterocycles. The molecule has 0 aromatic carbocycles. The van der Waals surface area contributed by atoms with Gasteiger partial charge in [-0.15, -0.1) is 11.8 Å². The molecular formula is C17H31N. The van der Waals surface area contributed by atoms with E-state index in [1.165, 1.54) is 25.8 Å². The Balaban J connectivity index is 2.48. The van der Waals surface area contributed by atoms with Crippen molar-refractivity contribution in [2.45, 2.75) is 60.3 Å². The van der Waals surface area contributed by atoms with E-state index < -0.39 is 0 Å². The third kappa shape index (κ3) is 5.44. The second-order valence-electron chi connectivity index (χ2n) is 7.11. The van der Waals surface area contributed by atoms with E-state index in [1.807, 2.05) is 6.92 Å². The molecule has 0 radical (unpaired) electrons. The van der Waals surface area contributed by atoms with Gasteiger partial charge in [0.2, 0.25) is 0 Å². The summed E-state index contributed by atoms with van der Waals surface area (Å²) in [7, 11) is 0. The molecule has 0 heterocycles. The van der Waals surface area contributed by atoms with E-state index in [2.05, 4.69) is 44.9 Å². The van der Waals surface area contributed by atoms with E-state index in [0.717, 1.165) is 30.7 Å². The predicted octanol–water partition coefficient (Wildman–Crippen LogP) is 4.09. The lowest BCUT2D eigenvalue weighted by Crippen LogP contribution is -2.36. The minimum absolute atomic E-state index is 0.522. The average molecular weight is 249 g/mol. The maximum atomic E-state index is 3.64. The van der Waals surface area contributed by atoms with Gasteiger partial charge in [0.15, 0.2) is 0 Å². The van der Waals surface area contributed by atoms with Gasteiger partial charge in [-0.3, -0.25) is 0 Å². The number of nitrogens with one attached hydrogen (secondary N) is 1. The molecule has 1 saturated carbocycles. The monoisotopic (exact) mass is 249 g/mol. The first-order chi connectivity index (χ1) is 8.44. The molecule has 2 unspecified atom stereocenters. The van der Waals surface area contributed by atoms with Crippen LogP contribution in [0.5, 0.6) is 0 Å². The van der Waals surface area contributed by atoms with Crippen LogP contribution in [0, 0.1) is 35.0 Å². The zero-order valence-corrected chi connectivity index (χ0v) is 13.0. The van der Waals surface area contributed by atoms with Crippen LogP contribution in [0.1, 0.15) is 60.3 Å². The average Bonchev–Trinajstić information content (AvgIpc) is 2.28. The standard InChI is InChI=1S/C17H31N/c1-6-7-8-15-11-17(4,5)10-9-16(15)13-18-12-14(2)3/h14-16,18H,8-13H2,1-5H3. The predicted molar refractivity (Wildman–Crippen MR) is 80.4 cm³/mol. The van der Waals surface area contributed by atoms with Crippen molar-refractivity contribution >= 4 is 0 Å². The van der Waals surface area contributed by atoms with Crippen LogP contribution in [-0.2, 0) is 0 Å². The zero-order chi connectivity index (χ0) is 13.6. The minimum atomic E-state index is 0.522. The largest absolute Gasteiger partial charge is 0.316 e. The Kier molecular flexibility index (Phi) is 6.22. The van der Waals surface area contributed by atoms with Crippen LogP contribution in [0.4, 0.5) is 0 Å². The Labute approximate surface area is 114 Å². The summed E-state index contributed by atoms with van der Waals surface area (Å²) >= 11 is 0. The summed E-state index contributed by atoms with van der Waals surface area (Å²) in [4.78, 5) is 0. The van der Waals surface area contributed by atoms with Crippen molar-refractivity contribution < 1.29 is 0 Å². The van der Waals surface area contributed by atoms with E-state index in [-0.39, 0.29) is 0 Å². The third-order valence-electron chi connectivity index (χ3n) is 4.17. The Morgan fingerprint density at radius 2 is 2.00 bits per heavy atom. The van der Waals surface area contributed by atoms with E-state index in [1.54, 1.807) is 0 Å². The van der Waals surface area contributed by atoms with Gasteiger partial charge >= 0.3 is 0 Å². The first-order valence-electron chi connectivity index (χ1n) is 7.55. The maximum Gasteiger partial charge on any atom is 0.0120 e. The molecule has 1 rings (SSSR count). The topological polar surface area (TPSA) is 12.0 Å². The SMILES string of the molecule is CC#CCC1CC(C)(C)CCC1CNCC(C)C. The fraction of sp³-hybridized carbons (Fsp3) is 0.882. The summed E-state index contributed by atoms with van der Waals surface area (Å²) in [6.07, 6.45) is 5.18. The molecule has 0 spiro atoms. The second kappa shape index (κ2) is 7.19. The molecule has 18 heavy (non-hydrogen) atoms. The van der Waals surface area contributed by atoms with Gasteiger partial charge in [-0.1, -0.05) is 27.7 Å². The molecule has 0 amide bonds. The van der Waals surface area contributed by atoms with Crippen molar-refractivity contribution in [3.8, 4) is 11.8 Å². The molecule has 1 N–H and O–H groups in total. The van der Waals surface area contributed by atoms with Gasteiger partial charge in [-0.05, 0) is 62.4 Å². The Bertz CT molecular complexity index is 292. The van der Waals surface area contributed by atoms with Crippen LogP contribution >= 0.6 is 0 Å². The van der Waals surface area contributed by atoms with Crippen molar-refractivity contribution in [1.29, 1.82) is 0 Å². The van der Waals surface area contributed by atoms with Gasteiger partial charge in [0.25, 0.3) is 0 Å². The third-order valence-corrected chi connectivity index (χ3v) is 4.17. The van der Waals surface area contributed by atoms with E-state index >= 15 is 0 Å². The first-order valence-corrected chi connectivity index (χ1v) is 7.55. The van der Waals surface area contributed by atoms with Crippen molar-refractivity contribution in [2.24, 2.45) is 23.2 Å². The van der Waals surface area contributed by atoms with Crippen LogP contribution in [-0.4, -0.2) is 13.1 Å². The quantitative estimate of drug-likeness (QED) is 0.724. The number of hydrogen-bond donors (Lipinski definition) is 1. The number of rotatable bonds is 5. The van der Waals surface area contributed by atoms with Crippen molar-refractivity contribution in [3.05, 3.63) is 0 Å². The lowest BCUT2D eigenvalue weighted by Gasteiger charge is -2.40. The lowest BCUT2D eigenvalue weighted by molar-refractivity contribution is 0.118. The molecule has 1 nitrogen and oxygen atoms in total. The molecule has 104 valence electrons. The molecule has 1 aliphatic carbocycles. The Morgan fingerprint density at radius 1 is 1.28 bits per heavy atom. The molecule has 1 aliphatic rings. The van der Waals surface area contributed by atoms with Crippen molar-refractivity contribution in [1.82, 2.24) is 5.32 Å². The highest BCUT2D eigenvalue weighted by molar-refractivity contribution is 4.99.